The van der Waals surface area contributed by atoms with Crippen molar-refractivity contribution in [3.05, 3.63) is 107 Å². The van der Waals surface area contributed by atoms with Gasteiger partial charge in [-0.05, 0) is 250 Å². The van der Waals surface area contributed by atoms with Crippen LogP contribution in [0.3, 0.4) is 0 Å². The van der Waals surface area contributed by atoms with Crippen molar-refractivity contribution in [2.24, 2.45) is 23.7 Å². The maximum atomic E-state index is 14.2. The predicted molar refractivity (Wildman–Crippen MR) is 511 cm³/mol. The number of rotatable bonds is 15. The summed E-state index contributed by atoms with van der Waals surface area (Å²) >= 11 is 9.33. The molecule has 6 aromatic rings. The molecule has 0 spiro atoms. The molecular formula is C96H129BrClN21O21. The molecule has 10 aliphatic rings. The van der Waals surface area contributed by atoms with Crippen molar-refractivity contribution < 1.29 is 102 Å². The third-order valence-electron chi connectivity index (χ3n) is 26.0. The number of amides is 9. The Labute approximate surface area is 824 Å². The lowest BCUT2D eigenvalue weighted by atomic mass is 10.0. The molecule has 4 saturated carbocycles. The molecule has 3 saturated heterocycles. The van der Waals surface area contributed by atoms with E-state index in [-0.39, 0.29) is 119 Å². The first-order chi connectivity index (χ1) is 65.5. The molecule has 9 amide bonds. The van der Waals surface area contributed by atoms with E-state index in [1.807, 2.05) is 60.7 Å². The van der Waals surface area contributed by atoms with Crippen LogP contribution in [0.1, 0.15) is 243 Å². The first-order valence-corrected chi connectivity index (χ1v) is 48.3. The van der Waals surface area contributed by atoms with Gasteiger partial charge in [0.25, 0.3) is 0 Å². The number of aromatic hydroxyl groups is 2. The van der Waals surface area contributed by atoms with Gasteiger partial charge in [-0.25, -0.2) is 28.8 Å². The number of allylic oxidation sites excluding steroid dienone is 3. The molecule has 42 nitrogen and oxygen atoms in total. The van der Waals surface area contributed by atoms with E-state index < -0.39 is 159 Å². The standard InChI is InChI=1S/C34H45N7O7.C30H38BrN7O7.C30H38ClN7O7.2CH4/c1-33(2,3)48-32(46)35-26-10-8-6-4-5-7-9-23-18-34(23,31(44)45)36-29(42)27-17-24(19-40(27)30(26)43)41-38-28(37-39-41)22-13-15-25(16-14-22)47-20-21-11-12-21;2*1-29(2,3)45-28(44)32-21-10-8-6-4-5-7-9-18-15-30(18,27(42)43)33-25(40)22-14-19(16-37(22)26(21)41)38-35-24(34-36-38)17-11-12-23(39)20(31)13-17;;/h7,9,13-16,21,23-24,26-27H,4-6,8,10-12,17-20H2,1-3H3,(H,35,46)(H,36,42)(H,44,45);2*7,9,11-13,18-19,21-22,39H,4-6,8,10,14-16H2,1-3H3,(H,32,44)(H,33,40)(H,42,43);2*1H4/b3*9-7-;;/t23-,24?,26-,27+,34+;2*18-,19+,21-,22+,30+;;/m111../s1. The molecule has 3 aromatic heterocycles. The number of phenols is 2. The lowest BCUT2D eigenvalue weighted by Crippen LogP contribution is -2.56. The average Bonchev–Trinajstić information content (AvgIpc) is 1.59. The minimum absolute atomic E-state index is 0. The van der Waals surface area contributed by atoms with Gasteiger partial charge < -0.3 is 91.1 Å². The summed E-state index contributed by atoms with van der Waals surface area (Å²) in [5.74, 6) is -5.38. The van der Waals surface area contributed by atoms with Crippen molar-refractivity contribution in [3.8, 4) is 51.4 Å². The molecular weight excluding hydrogens is 1900 g/mol. The van der Waals surface area contributed by atoms with Crippen molar-refractivity contribution in [1.82, 2.24) is 107 Å². The molecule has 3 aromatic carbocycles. The van der Waals surface area contributed by atoms with Gasteiger partial charge in [0.15, 0.2) is 0 Å². The van der Waals surface area contributed by atoms with Gasteiger partial charge in [0.05, 0.1) is 34.2 Å². The number of aliphatic carboxylic acids is 3. The van der Waals surface area contributed by atoms with Gasteiger partial charge in [-0.3, -0.25) is 28.8 Å². The van der Waals surface area contributed by atoms with Gasteiger partial charge in [-0.15, -0.1) is 30.6 Å². The van der Waals surface area contributed by atoms with Crippen LogP contribution in [0.25, 0.3) is 34.2 Å². The highest BCUT2D eigenvalue weighted by Gasteiger charge is 2.64. The molecule has 0 bridgehead atoms. The predicted octanol–water partition coefficient (Wildman–Crippen LogP) is 11.5. The number of nitrogens with one attached hydrogen (secondary N) is 6. The van der Waals surface area contributed by atoms with Crippen molar-refractivity contribution in [3.63, 3.8) is 0 Å². The summed E-state index contributed by atoms with van der Waals surface area (Å²) in [6.45, 7) is 16.4. The highest BCUT2D eigenvalue weighted by Crippen LogP contribution is 2.49. The van der Waals surface area contributed by atoms with E-state index in [2.05, 4.69) is 94.1 Å². The average molecular weight is 2030 g/mol. The van der Waals surface area contributed by atoms with E-state index >= 15 is 0 Å². The maximum Gasteiger partial charge on any atom is 0.408 e. The van der Waals surface area contributed by atoms with Crippen LogP contribution in [0.2, 0.25) is 5.02 Å². The minimum atomic E-state index is -1.45. The smallest absolute Gasteiger partial charge is 0.408 e. The number of hydrogen-bond acceptors (Lipinski definition) is 27. The Hall–Kier alpha value is -12.7. The molecule has 140 heavy (non-hydrogen) atoms. The van der Waals surface area contributed by atoms with Crippen LogP contribution >= 0.6 is 27.5 Å². The summed E-state index contributed by atoms with van der Waals surface area (Å²) in [5, 5.41) is 105. The quantitative estimate of drug-likeness (QED) is 0.0336. The number of nitrogens with zero attached hydrogens (tertiary/aromatic N) is 15. The van der Waals surface area contributed by atoms with Crippen LogP contribution < -0.4 is 36.6 Å². The molecule has 1 unspecified atom stereocenters. The van der Waals surface area contributed by atoms with E-state index in [4.69, 9.17) is 30.5 Å². The Morgan fingerprint density at radius 1 is 0.450 bits per heavy atom. The van der Waals surface area contributed by atoms with Crippen molar-refractivity contribution in [2.45, 2.75) is 313 Å². The fourth-order valence-corrected chi connectivity index (χ4v) is 18.6. The summed E-state index contributed by atoms with van der Waals surface area (Å²) in [5.41, 5.74) is -4.84. The SMILES string of the molecule is C.C.CC(C)(C)OC(=O)N[C@@H]1CCCCC/C=C\[C@@H]2C[C@]2(C(=O)O)NC(=O)[C@@H]2CC(n3nnc(-c4ccc(OCC5CC5)cc4)n3)CN2C1=O.CC(C)(C)OC(=O)N[C@@H]1CCCCC/C=C\[C@@H]2C[C@]2(C(=O)O)NC(=O)[C@@H]2C[C@H](n3nnc(-c4ccc(O)c(Br)c4)n3)CN2C1=O.CC(C)(C)OC(=O)N[C@@H]1CCCCC/C=C\[C@@H]2C[C@]2(C(=O)O)NC(=O)[C@@H]2C[C@H](n3nnc(-c4ccc(O)c(Cl)c4)n3)CN2C1=O. The summed E-state index contributed by atoms with van der Waals surface area (Å²) < 4.78 is 22.6. The molecule has 6 aliphatic heterocycles. The number of carbonyl (C=O) groups is 12. The minimum Gasteiger partial charge on any atom is -0.507 e. The Kier molecular flexibility index (Phi) is 33.7. The fraction of sp³-hybridized carbons (Fsp3) is 0.594. The Morgan fingerprint density at radius 3 is 1.09 bits per heavy atom. The van der Waals surface area contributed by atoms with Gasteiger partial charge in [-0.1, -0.05) is 101 Å². The van der Waals surface area contributed by atoms with Gasteiger partial charge in [0.1, 0.15) is 86.9 Å². The third-order valence-corrected chi connectivity index (χ3v) is 26.9. The van der Waals surface area contributed by atoms with Gasteiger partial charge >= 0.3 is 36.2 Å². The number of carboxylic acid groups (broad SMARTS) is 3. The van der Waals surface area contributed by atoms with Gasteiger partial charge in [0, 0.05) is 73.3 Å². The largest absolute Gasteiger partial charge is 0.507 e. The second kappa shape index (κ2) is 44.4. The third kappa shape index (κ3) is 26.3. The number of benzene rings is 3. The normalized spacial score (nSPS) is 27.9. The van der Waals surface area contributed by atoms with Crippen LogP contribution in [-0.4, -0.2) is 268 Å². The zero-order valence-electron chi connectivity index (χ0n) is 78.6. The monoisotopic (exact) mass is 2030 g/mol. The number of halogens is 2. The number of fused-ring (bicyclic) bond motifs is 6. The lowest BCUT2D eigenvalue weighted by Gasteiger charge is -2.30. The summed E-state index contributed by atoms with van der Waals surface area (Å²) in [6, 6.07) is 9.00. The number of ether oxygens (including phenoxy) is 4. The van der Waals surface area contributed by atoms with Crippen LogP contribution in [0, 0.1) is 23.7 Å². The number of tetrazole rings is 3. The highest BCUT2D eigenvalue weighted by molar-refractivity contribution is 9.10. The van der Waals surface area contributed by atoms with E-state index in [0.29, 0.717) is 72.5 Å². The van der Waals surface area contributed by atoms with E-state index in [0.717, 1.165) is 69.1 Å². The number of alkyl carbamates (subject to hydrolysis) is 3. The second-order valence-corrected chi connectivity index (χ2v) is 41.4. The van der Waals surface area contributed by atoms with Gasteiger partial charge in [0.2, 0.25) is 52.9 Å². The summed E-state index contributed by atoms with van der Waals surface area (Å²) in [4.78, 5) is 168. The van der Waals surface area contributed by atoms with Crippen molar-refractivity contribution >= 4 is 99.2 Å². The van der Waals surface area contributed by atoms with E-state index in [1.54, 1.807) is 80.5 Å². The van der Waals surface area contributed by atoms with E-state index in [9.17, 15) is 83.1 Å². The zero-order valence-corrected chi connectivity index (χ0v) is 80.9. The van der Waals surface area contributed by atoms with E-state index in [1.165, 1.54) is 60.1 Å². The van der Waals surface area contributed by atoms with Crippen LogP contribution in [0.15, 0.2) is 102 Å². The van der Waals surface area contributed by atoms with Crippen molar-refractivity contribution in [1.29, 1.82) is 0 Å². The number of phenolic OH excluding ortho intramolecular Hbond substituents is 2. The van der Waals surface area contributed by atoms with Crippen LogP contribution in [-0.2, 0) is 57.4 Å². The molecule has 16 rings (SSSR count). The highest BCUT2D eigenvalue weighted by atomic mass is 79.9. The molecule has 15 atom stereocenters. The Morgan fingerprint density at radius 2 is 0.771 bits per heavy atom. The number of carbonyl (C=O) groups excluding carboxylic acids is 9. The Balaban J connectivity index is 0.000000187. The molecule has 4 aliphatic carbocycles. The molecule has 758 valence electrons. The molecule has 7 fully saturated rings. The lowest BCUT2D eigenvalue weighted by molar-refractivity contribution is -0.146. The molecule has 9 heterocycles. The molecule has 44 heteroatoms. The molecule has 11 N–H and O–H groups in total. The first-order valence-electron chi connectivity index (χ1n) is 47.1. The number of hydrogen-bond donors (Lipinski definition) is 11. The number of aromatic nitrogens is 12. The van der Waals surface area contributed by atoms with Crippen molar-refractivity contribution in [2.75, 3.05) is 26.2 Å². The van der Waals surface area contributed by atoms with Crippen LogP contribution in [0.5, 0.6) is 17.2 Å². The summed E-state index contributed by atoms with van der Waals surface area (Å²) in [7, 11) is 0. The maximum absolute atomic E-state index is 14.2. The fourth-order valence-electron chi connectivity index (χ4n) is 18.1. The van der Waals surface area contributed by atoms with Crippen LogP contribution in [0.4, 0.5) is 14.4 Å². The molecule has 0 radical (unpaired) electrons. The van der Waals surface area contributed by atoms with Gasteiger partial charge in [-0.2, -0.15) is 14.4 Å². The first kappa shape index (κ1) is 106. The second-order valence-electron chi connectivity index (χ2n) is 40.1. The number of carboxylic acids is 3. The Bertz CT molecular complexity index is 5410. The zero-order chi connectivity index (χ0) is 99.1. The summed E-state index contributed by atoms with van der Waals surface area (Å²) in [6.07, 6.45) is 22.8. The topological polar surface area (TPSA) is 556 Å².